The molecule has 0 fully saturated rings. The van der Waals surface area contributed by atoms with Crippen molar-refractivity contribution in [2.45, 2.75) is 18.4 Å². The van der Waals surface area contributed by atoms with E-state index in [2.05, 4.69) is 11.4 Å². The highest BCUT2D eigenvalue weighted by Crippen LogP contribution is 2.22. The first kappa shape index (κ1) is 10.3. The number of likely N-dealkylation sites (N-methyl/N-ethyl adjacent to an activating group) is 1. The molecule has 0 saturated carbocycles. The van der Waals surface area contributed by atoms with E-state index in [-0.39, 0.29) is 5.54 Å². The molecule has 3 nitrogen and oxygen atoms in total. The number of ether oxygens (including phenoxy) is 1. The van der Waals surface area contributed by atoms with Crippen LogP contribution in [0, 0.1) is 0 Å². The van der Waals surface area contributed by atoms with Gasteiger partial charge < -0.3 is 15.8 Å². The maximum absolute atomic E-state index is 5.65. The molecular formula is C10H18N2O. The molecule has 1 aliphatic carbocycles. The highest BCUT2D eigenvalue weighted by Gasteiger charge is 2.25. The molecule has 0 aromatic rings. The fraction of sp³-hybridized carbons (Fsp3) is 0.600. The summed E-state index contributed by atoms with van der Waals surface area (Å²) in [5.74, 6) is 0. The Morgan fingerprint density at radius 1 is 1.69 bits per heavy atom. The molecule has 0 spiro atoms. The summed E-state index contributed by atoms with van der Waals surface area (Å²) in [7, 11) is 3.69. The van der Waals surface area contributed by atoms with Crippen LogP contribution in [0.2, 0.25) is 0 Å². The predicted molar refractivity (Wildman–Crippen MR) is 54.3 cm³/mol. The first-order valence-electron chi connectivity index (χ1n) is 4.55. The summed E-state index contributed by atoms with van der Waals surface area (Å²) in [4.78, 5) is 0. The minimum atomic E-state index is 0.0406. The quantitative estimate of drug-likeness (QED) is 0.675. The van der Waals surface area contributed by atoms with Gasteiger partial charge in [0.05, 0.1) is 0 Å². The lowest BCUT2D eigenvalue weighted by molar-refractivity contribution is 0.170. The molecule has 3 heteroatoms. The van der Waals surface area contributed by atoms with Gasteiger partial charge in [0.25, 0.3) is 0 Å². The first-order chi connectivity index (χ1) is 6.22. The number of rotatable bonds is 4. The SMILES string of the molecule is CNC1(CCOC)C=CC(N)=CC1. The van der Waals surface area contributed by atoms with Crippen molar-refractivity contribution in [3.63, 3.8) is 0 Å². The van der Waals surface area contributed by atoms with E-state index in [1.807, 2.05) is 19.2 Å². The Balaban J connectivity index is 2.58. The molecule has 0 aromatic carbocycles. The van der Waals surface area contributed by atoms with Crippen LogP contribution >= 0.6 is 0 Å². The Bertz CT molecular complexity index is 223. The summed E-state index contributed by atoms with van der Waals surface area (Å²) in [5.41, 5.74) is 6.55. The van der Waals surface area contributed by atoms with Crippen molar-refractivity contribution in [3.8, 4) is 0 Å². The van der Waals surface area contributed by atoms with E-state index in [0.29, 0.717) is 0 Å². The van der Waals surface area contributed by atoms with E-state index in [1.165, 1.54) is 0 Å². The summed E-state index contributed by atoms with van der Waals surface area (Å²) in [5, 5.41) is 3.31. The summed E-state index contributed by atoms with van der Waals surface area (Å²) < 4.78 is 5.07. The van der Waals surface area contributed by atoms with Gasteiger partial charge in [0.2, 0.25) is 0 Å². The van der Waals surface area contributed by atoms with Crippen LogP contribution in [0.1, 0.15) is 12.8 Å². The van der Waals surface area contributed by atoms with Gasteiger partial charge in [-0.15, -0.1) is 0 Å². The normalized spacial score (nSPS) is 27.4. The van der Waals surface area contributed by atoms with Gasteiger partial charge in [0.15, 0.2) is 0 Å². The Kier molecular flexibility index (Phi) is 3.51. The van der Waals surface area contributed by atoms with Crippen molar-refractivity contribution >= 4 is 0 Å². The van der Waals surface area contributed by atoms with Gasteiger partial charge >= 0.3 is 0 Å². The molecule has 1 rings (SSSR count). The molecule has 0 bridgehead atoms. The molecule has 1 aliphatic rings. The summed E-state index contributed by atoms with van der Waals surface area (Å²) in [6.07, 6.45) is 8.04. The molecule has 1 atom stereocenters. The van der Waals surface area contributed by atoms with E-state index in [0.717, 1.165) is 25.1 Å². The van der Waals surface area contributed by atoms with Gasteiger partial charge in [0.1, 0.15) is 0 Å². The number of allylic oxidation sites excluding steroid dienone is 1. The van der Waals surface area contributed by atoms with E-state index in [9.17, 15) is 0 Å². The molecular weight excluding hydrogens is 164 g/mol. The van der Waals surface area contributed by atoms with Crippen molar-refractivity contribution in [1.29, 1.82) is 0 Å². The highest BCUT2D eigenvalue weighted by atomic mass is 16.5. The topological polar surface area (TPSA) is 47.3 Å². The molecule has 0 aromatic heterocycles. The van der Waals surface area contributed by atoms with Crippen LogP contribution in [0.3, 0.4) is 0 Å². The monoisotopic (exact) mass is 182 g/mol. The Labute approximate surface area is 79.6 Å². The molecule has 74 valence electrons. The van der Waals surface area contributed by atoms with Gasteiger partial charge in [0, 0.05) is 25.0 Å². The molecule has 0 aliphatic heterocycles. The van der Waals surface area contributed by atoms with Crippen molar-refractivity contribution in [3.05, 3.63) is 23.9 Å². The van der Waals surface area contributed by atoms with Crippen LogP contribution in [0.25, 0.3) is 0 Å². The number of methoxy groups -OCH3 is 1. The molecule has 3 N–H and O–H groups in total. The number of nitrogens with two attached hydrogens (primary N) is 1. The third kappa shape index (κ3) is 2.57. The smallest absolute Gasteiger partial charge is 0.0483 e. The number of hydrogen-bond donors (Lipinski definition) is 2. The Morgan fingerprint density at radius 2 is 2.46 bits per heavy atom. The van der Waals surface area contributed by atoms with Gasteiger partial charge in [-0.2, -0.15) is 0 Å². The molecule has 1 unspecified atom stereocenters. The average molecular weight is 182 g/mol. The zero-order chi connectivity index (χ0) is 9.73. The lowest BCUT2D eigenvalue weighted by Crippen LogP contribution is -2.42. The van der Waals surface area contributed by atoms with Crippen LogP contribution in [0.15, 0.2) is 23.9 Å². The lowest BCUT2D eigenvalue weighted by Gasteiger charge is -2.31. The van der Waals surface area contributed by atoms with Gasteiger partial charge in [-0.3, -0.25) is 0 Å². The zero-order valence-corrected chi connectivity index (χ0v) is 8.34. The third-order valence-electron chi connectivity index (χ3n) is 2.55. The highest BCUT2D eigenvalue weighted by molar-refractivity contribution is 5.27. The maximum Gasteiger partial charge on any atom is 0.0483 e. The molecule has 13 heavy (non-hydrogen) atoms. The molecule has 0 radical (unpaired) electrons. The molecule has 0 amide bonds. The average Bonchev–Trinajstić information content (AvgIpc) is 2.18. The van der Waals surface area contributed by atoms with Crippen molar-refractivity contribution in [2.24, 2.45) is 5.73 Å². The summed E-state index contributed by atoms with van der Waals surface area (Å²) in [6, 6.07) is 0. The molecule has 0 saturated heterocycles. The first-order valence-corrected chi connectivity index (χ1v) is 4.55. The van der Waals surface area contributed by atoms with Crippen molar-refractivity contribution < 1.29 is 4.74 Å². The van der Waals surface area contributed by atoms with E-state index in [4.69, 9.17) is 10.5 Å². The Hall–Kier alpha value is -0.800. The van der Waals surface area contributed by atoms with E-state index >= 15 is 0 Å². The van der Waals surface area contributed by atoms with Crippen molar-refractivity contribution in [2.75, 3.05) is 20.8 Å². The van der Waals surface area contributed by atoms with Gasteiger partial charge in [-0.25, -0.2) is 0 Å². The standard InChI is InChI=1S/C10H18N2O/c1-12-10(7-8-13-2)5-3-9(11)4-6-10/h3-5,12H,6-8,11H2,1-2H3. The third-order valence-corrected chi connectivity index (χ3v) is 2.55. The minimum Gasteiger partial charge on any atom is -0.399 e. The predicted octanol–water partition coefficient (Wildman–Crippen LogP) is 0.784. The van der Waals surface area contributed by atoms with Crippen LogP contribution in [0.4, 0.5) is 0 Å². The summed E-state index contributed by atoms with van der Waals surface area (Å²) >= 11 is 0. The largest absolute Gasteiger partial charge is 0.399 e. The van der Waals surface area contributed by atoms with Crippen LogP contribution in [0.5, 0.6) is 0 Å². The summed E-state index contributed by atoms with van der Waals surface area (Å²) in [6.45, 7) is 0.763. The van der Waals surface area contributed by atoms with Gasteiger partial charge in [-0.1, -0.05) is 12.2 Å². The molecule has 0 heterocycles. The van der Waals surface area contributed by atoms with Crippen LogP contribution in [-0.2, 0) is 4.74 Å². The Morgan fingerprint density at radius 3 is 2.92 bits per heavy atom. The fourth-order valence-corrected chi connectivity index (χ4v) is 1.47. The van der Waals surface area contributed by atoms with Crippen molar-refractivity contribution in [1.82, 2.24) is 5.32 Å². The number of hydrogen-bond acceptors (Lipinski definition) is 3. The van der Waals surface area contributed by atoms with Gasteiger partial charge in [-0.05, 0) is 26.0 Å². The van der Waals surface area contributed by atoms with Crippen LogP contribution < -0.4 is 11.1 Å². The second-order valence-electron chi connectivity index (χ2n) is 3.39. The number of nitrogens with one attached hydrogen (secondary N) is 1. The second kappa shape index (κ2) is 4.44. The van der Waals surface area contributed by atoms with E-state index < -0.39 is 0 Å². The van der Waals surface area contributed by atoms with Crippen LogP contribution in [-0.4, -0.2) is 26.3 Å². The fourth-order valence-electron chi connectivity index (χ4n) is 1.47. The lowest BCUT2D eigenvalue weighted by atomic mass is 9.87. The zero-order valence-electron chi connectivity index (χ0n) is 8.34. The van der Waals surface area contributed by atoms with E-state index in [1.54, 1.807) is 7.11 Å². The second-order valence-corrected chi connectivity index (χ2v) is 3.39. The maximum atomic E-state index is 5.65. The minimum absolute atomic E-state index is 0.0406.